The van der Waals surface area contributed by atoms with Crippen molar-refractivity contribution in [3.63, 3.8) is 0 Å². The Kier molecular flexibility index (Phi) is 5.80. The van der Waals surface area contributed by atoms with Gasteiger partial charge in [0.05, 0.1) is 13.0 Å². The molecule has 0 radical (unpaired) electrons. The molecule has 0 N–H and O–H groups in total. The lowest BCUT2D eigenvalue weighted by molar-refractivity contribution is -0.145. The Morgan fingerprint density at radius 2 is 2.05 bits per heavy atom. The highest BCUT2D eigenvalue weighted by Crippen LogP contribution is 2.25. The number of nitrogens with zero attached hydrogens (tertiary/aromatic N) is 1. The average molecular weight is 289 g/mol. The van der Waals surface area contributed by atoms with E-state index in [9.17, 15) is 4.79 Å². The second-order valence-corrected chi connectivity index (χ2v) is 6.27. The molecule has 116 valence electrons. The molecule has 1 aromatic rings. The zero-order valence-corrected chi connectivity index (χ0v) is 13.5. The van der Waals surface area contributed by atoms with Gasteiger partial charge in [0.25, 0.3) is 0 Å². The number of methoxy groups -OCH3 is 1. The smallest absolute Gasteiger partial charge is 0.308 e. The molecule has 0 saturated carbocycles. The number of rotatable bonds is 5. The molecule has 0 amide bonds. The molecule has 1 aliphatic heterocycles. The minimum Gasteiger partial charge on any atom is -0.469 e. The topological polar surface area (TPSA) is 29.5 Å². The van der Waals surface area contributed by atoms with E-state index >= 15 is 0 Å². The molecule has 0 aliphatic carbocycles. The van der Waals surface area contributed by atoms with Crippen LogP contribution < -0.4 is 0 Å². The van der Waals surface area contributed by atoms with E-state index in [0.717, 1.165) is 19.5 Å². The van der Waals surface area contributed by atoms with Crippen LogP contribution in [-0.4, -0.2) is 30.6 Å². The Morgan fingerprint density at radius 1 is 1.33 bits per heavy atom. The van der Waals surface area contributed by atoms with Gasteiger partial charge in [-0.15, -0.1) is 0 Å². The van der Waals surface area contributed by atoms with Crippen LogP contribution >= 0.6 is 0 Å². The van der Waals surface area contributed by atoms with Crippen LogP contribution in [0, 0.1) is 12.8 Å². The van der Waals surface area contributed by atoms with E-state index in [-0.39, 0.29) is 11.9 Å². The van der Waals surface area contributed by atoms with Crippen molar-refractivity contribution in [2.75, 3.05) is 13.7 Å². The van der Waals surface area contributed by atoms with Gasteiger partial charge < -0.3 is 4.74 Å². The summed E-state index contributed by atoms with van der Waals surface area (Å²) in [4.78, 5) is 14.2. The maximum Gasteiger partial charge on any atom is 0.308 e. The van der Waals surface area contributed by atoms with Crippen LogP contribution in [0.4, 0.5) is 0 Å². The third kappa shape index (κ3) is 4.57. The van der Waals surface area contributed by atoms with E-state index in [4.69, 9.17) is 4.74 Å². The van der Waals surface area contributed by atoms with Crippen LogP contribution in [0.25, 0.3) is 0 Å². The number of piperidine rings is 1. The summed E-state index contributed by atoms with van der Waals surface area (Å²) in [6, 6.07) is 9.26. The number of esters is 1. The summed E-state index contributed by atoms with van der Waals surface area (Å²) in [5, 5.41) is 0. The summed E-state index contributed by atoms with van der Waals surface area (Å²) in [6.45, 7) is 6.21. The van der Waals surface area contributed by atoms with Gasteiger partial charge in [-0.1, -0.05) is 43.2 Å². The first-order valence-electron chi connectivity index (χ1n) is 7.97. The Balaban J connectivity index is 1.98. The van der Waals surface area contributed by atoms with Crippen LogP contribution in [0.1, 0.15) is 43.7 Å². The van der Waals surface area contributed by atoms with E-state index in [1.807, 2.05) is 6.92 Å². The first-order chi connectivity index (χ1) is 10.1. The van der Waals surface area contributed by atoms with Crippen molar-refractivity contribution in [2.45, 2.75) is 52.1 Å². The van der Waals surface area contributed by atoms with Gasteiger partial charge in [0.15, 0.2) is 0 Å². The monoisotopic (exact) mass is 289 g/mol. The molecule has 3 heteroatoms. The van der Waals surface area contributed by atoms with Crippen molar-refractivity contribution < 1.29 is 9.53 Å². The molecule has 21 heavy (non-hydrogen) atoms. The zero-order valence-electron chi connectivity index (χ0n) is 13.5. The molecule has 1 saturated heterocycles. The van der Waals surface area contributed by atoms with Crippen LogP contribution in [0.3, 0.4) is 0 Å². The summed E-state index contributed by atoms with van der Waals surface area (Å²) < 4.78 is 4.86. The summed E-state index contributed by atoms with van der Waals surface area (Å²) in [5.74, 6) is -0.102. The van der Waals surface area contributed by atoms with E-state index in [2.05, 4.69) is 36.1 Å². The molecule has 3 nitrogen and oxygen atoms in total. The maximum atomic E-state index is 11.6. The van der Waals surface area contributed by atoms with E-state index < -0.39 is 0 Å². The first kappa shape index (κ1) is 16.0. The molecule has 0 spiro atoms. The number of aryl methyl sites for hydroxylation is 1. The lowest BCUT2D eigenvalue weighted by Gasteiger charge is -2.36. The number of hydrogen-bond donors (Lipinski definition) is 0. The fraction of sp³-hybridized carbons (Fsp3) is 0.611. The van der Waals surface area contributed by atoms with Crippen molar-refractivity contribution in [2.24, 2.45) is 5.92 Å². The van der Waals surface area contributed by atoms with Gasteiger partial charge in [-0.2, -0.15) is 0 Å². The fourth-order valence-electron chi connectivity index (χ4n) is 3.17. The lowest BCUT2D eigenvalue weighted by Crippen LogP contribution is -2.40. The lowest BCUT2D eigenvalue weighted by atomic mass is 9.92. The van der Waals surface area contributed by atoms with Gasteiger partial charge >= 0.3 is 5.97 Å². The number of carbonyl (C=O) groups excluding carboxylic acids is 1. The Hall–Kier alpha value is -1.35. The second-order valence-electron chi connectivity index (χ2n) is 6.27. The molecule has 1 aromatic carbocycles. The Morgan fingerprint density at radius 3 is 2.71 bits per heavy atom. The maximum absolute atomic E-state index is 11.6. The minimum atomic E-state index is -0.0872. The number of carbonyl (C=O) groups is 1. The molecule has 1 fully saturated rings. The quantitative estimate of drug-likeness (QED) is 0.776. The third-order valence-corrected chi connectivity index (χ3v) is 4.48. The van der Waals surface area contributed by atoms with Crippen LogP contribution in [-0.2, 0) is 16.1 Å². The number of hydrogen-bond acceptors (Lipinski definition) is 3. The number of benzene rings is 1. The predicted molar refractivity (Wildman–Crippen MR) is 85.0 cm³/mol. The standard InChI is InChI=1S/C18H27NO2/c1-14-7-9-16(10-8-14)13-19-11-5-4-6-17(19)12-15(2)18(20)21-3/h7-10,15,17H,4-6,11-13H2,1-3H3. The highest BCUT2D eigenvalue weighted by molar-refractivity contribution is 5.71. The highest BCUT2D eigenvalue weighted by Gasteiger charge is 2.26. The summed E-state index contributed by atoms with van der Waals surface area (Å²) >= 11 is 0. The largest absolute Gasteiger partial charge is 0.469 e. The first-order valence-corrected chi connectivity index (χ1v) is 7.97. The van der Waals surface area contributed by atoms with Crippen molar-refractivity contribution in [3.8, 4) is 0 Å². The minimum absolute atomic E-state index is 0.0152. The van der Waals surface area contributed by atoms with Crippen molar-refractivity contribution in [3.05, 3.63) is 35.4 Å². The molecular weight excluding hydrogens is 262 g/mol. The van der Waals surface area contributed by atoms with Crippen molar-refractivity contribution >= 4 is 5.97 Å². The van der Waals surface area contributed by atoms with Gasteiger partial charge in [-0.3, -0.25) is 9.69 Å². The number of likely N-dealkylation sites (tertiary alicyclic amines) is 1. The van der Waals surface area contributed by atoms with Crippen LogP contribution in [0.5, 0.6) is 0 Å². The van der Waals surface area contributed by atoms with Crippen LogP contribution in [0.2, 0.25) is 0 Å². The van der Waals surface area contributed by atoms with Crippen molar-refractivity contribution in [1.29, 1.82) is 0 Å². The molecule has 0 bridgehead atoms. The number of ether oxygens (including phenoxy) is 1. The van der Waals surface area contributed by atoms with Gasteiger partial charge in [-0.05, 0) is 38.3 Å². The molecular formula is C18H27NO2. The molecule has 0 aromatic heterocycles. The SMILES string of the molecule is COC(=O)C(C)CC1CCCCN1Cc1ccc(C)cc1. The molecule has 1 aliphatic rings. The molecule has 2 atom stereocenters. The highest BCUT2D eigenvalue weighted by atomic mass is 16.5. The van der Waals surface area contributed by atoms with E-state index in [1.54, 1.807) is 0 Å². The Bertz CT molecular complexity index is 455. The van der Waals surface area contributed by atoms with Gasteiger partial charge in [-0.25, -0.2) is 0 Å². The summed E-state index contributed by atoms with van der Waals surface area (Å²) in [7, 11) is 1.48. The molecule has 2 rings (SSSR count). The van der Waals surface area contributed by atoms with E-state index in [1.165, 1.54) is 37.5 Å². The van der Waals surface area contributed by atoms with Gasteiger partial charge in [0.1, 0.15) is 0 Å². The third-order valence-electron chi connectivity index (χ3n) is 4.48. The van der Waals surface area contributed by atoms with Crippen LogP contribution in [0.15, 0.2) is 24.3 Å². The fourth-order valence-corrected chi connectivity index (χ4v) is 3.17. The van der Waals surface area contributed by atoms with Crippen molar-refractivity contribution in [1.82, 2.24) is 4.90 Å². The van der Waals surface area contributed by atoms with E-state index in [0.29, 0.717) is 6.04 Å². The van der Waals surface area contributed by atoms with Gasteiger partial charge in [0, 0.05) is 12.6 Å². The Labute approximate surface area is 128 Å². The normalized spacial score (nSPS) is 21.0. The zero-order chi connectivity index (χ0) is 15.2. The summed E-state index contributed by atoms with van der Waals surface area (Å²) in [6.07, 6.45) is 4.61. The second kappa shape index (κ2) is 7.60. The summed E-state index contributed by atoms with van der Waals surface area (Å²) in [5.41, 5.74) is 2.66. The molecule has 2 unspecified atom stereocenters. The van der Waals surface area contributed by atoms with Gasteiger partial charge in [0.2, 0.25) is 0 Å². The average Bonchev–Trinajstić information content (AvgIpc) is 2.50. The molecule has 1 heterocycles. The predicted octanol–water partition coefficient (Wildman–Crippen LogP) is 3.55.